The van der Waals surface area contributed by atoms with E-state index in [9.17, 15) is 4.79 Å². The van der Waals surface area contributed by atoms with Gasteiger partial charge in [0.25, 0.3) is 5.91 Å². The number of carbonyl (C=O) groups excluding carboxylic acids is 1. The Bertz CT molecular complexity index is 471. The van der Waals surface area contributed by atoms with Crippen molar-refractivity contribution in [2.45, 2.75) is 20.3 Å². The summed E-state index contributed by atoms with van der Waals surface area (Å²) in [5, 5.41) is 0.627. The Balaban J connectivity index is 2.24. The molecule has 19 heavy (non-hydrogen) atoms. The van der Waals surface area contributed by atoms with E-state index < -0.39 is 0 Å². The van der Waals surface area contributed by atoms with Crippen molar-refractivity contribution in [3.8, 4) is 0 Å². The van der Waals surface area contributed by atoms with Crippen LogP contribution in [0.2, 0.25) is 10.0 Å². The molecule has 104 valence electrons. The molecule has 2 atom stereocenters. The number of hydrogen-bond donors (Lipinski definition) is 1. The molecule has 0 bridgehead atoms. The first-order valence-electron chi connectivity index (χ1n) is 6.42. The average Bonchev–Trinajstić information content (AvgIpc) is 2.33. The third-order valence-electron chi connectivity index (χ3n) is 3.46. The van der Waals surface area contributed by atoms with Crippen LogP contribution in [-0.4, -0.2) is 23.9 Å². The summed E-state index contributed by atoms with van der Waals surface area (Å²) in [5.74, 6) is 1.02. The first-order chi connectivity index (χ1) is 8.88. The zero-order valence-corrected chi connectivity index (χ0v) is 12.6. The lowest BCUT2D eigenvalue weighted by molar-refractivity contribution is 0.0623. The summed E-state index contributed by atoms with van der Waals surface area (Å²) in [6.45, 7) is 5.89. The summed E-state index contributed by atoms with van der Waals surface area (Å²) < 4.78 is 0. The summed E-state index contributed by atoms with van der Waals surface area (Å²) in [7, 11) is 0. The number of benzene rings is 1. The molecule has 0 aliphatic carbocycles. The Morgan fingerprint density at radius 1 is 1.26 bits per heavy atom. The van der Waals surface area contributed by atoms with Gasteiger partial charge in [-0.3, -0.25) is 4.79 Å². The van der Waals surface area contributed by atoms with Crippen molar-refractivity contribution >= 4 is 34.8 Å². The lowest BCUT2D eigenvalue weighted by Gasteiger charge is -2.35. The van der Waals surface area contributed by atoms with Gasteiger partial charge in [0, 0.05) is 18.7 Å². The number of anilines is 1. The van der Waals surface area contributed by atoms with Crippen LogP contribution in [0.25, 0.3) is 0 Å². The van der Waals surface area contributed by atoms with E-state index in [-0.39, 0.29) is 5.91 Å². The van der Waals surface area contributed by atoms with Crippen molar-refractivity contribution in [3.63, 3.8) is 0 Å². The van der Waals surface area contributed by atoms with Crippen LogP contribution in [0.1, 0.15) is 30.6 Å². The average molecular weight is 301 g/mol. The molecule has 5 heteroatoms. The van der Waals surface area contributed by atoms with E-state index in [1.807, 2.05) is 4.90 Å². The highest BCUT2D eigenvalue weighted by Crippen LogP contribution is 2.30. The molecule has 1 aliphatic rings. The minimum Gasteiger partial charge on any atom is -0.397 e. The fraction of sp³-hybridized carbons (Fsp3) is 0.500. The molecule has 1 aromatic carbocycles. The number of amides is 1. The highest BCUT2D eigenvalue weighted by molar-refractivity contribution is 6.43. The smallest absolute Gasteiger partial charge is 0.254 e. The largest absolute Gasteiger partial charge is 0.397 e. The SMILES string of the molecule is C[C@@H]1C[C@H](C)CN(C(=O)c2cc(N)c(Cl)c(Cl)c2)C1. The maximum atomic E-state index is 12.5. The molecule has 2 N–H and O–H groups in total. The molecule has 2 rings (SSSR count). The molecule has 1 fully saturated rings. The summed E-state index contributed by atoms with van der Waals surface area (Å²) in [6.07, 6.45) is 1.16. The first kappa shape index (κ1) is 14.5. The Morgan fingerprint density at radius 3 is 2.37 bits per heavy atom. The molecular formula is C14H18Cl2N2O. The van der Waals surface area contributed by atoms with Gasteiger partial charge in [0.15, 0.2) is 0 Å². The second kappa shape index (κ2) is 5.59. The van der Waals surface area contributed by atoms with Gasteiger partial charge in [-0.15, -0.1) is 0 Å². The van der Waals surface area contributed by atoms with Crippen LogP contribution in [-0.2, 0) is 0 Å². The minimum absolute atomic E-state index is 0.0244. The predicted molar refractivity (Wildman–Crippen MR) is 79.7 cm³/mol. The summed E-state index contributed by atoms with van der Waals surface area (Å²) in [5.41, 5.74) is 6.61. The summed E-state index contributed by atoms with van der Waals surface area (Å²) in [6, 6.07) is 3.19. The molecule has 0 spiro atoms. The van der Waals surface area contributed by atoms with Crippen LogP contribution in [0.3, 0.4) is 0 Å². The van der Waals surface area contributed by atoms with Crippen LogP contribution in [0.5, 0.6) is 0 Å². The highest BCUT2D eigenvalue weighted by atomic mass is 35.5. The summed E-state index contributed by atoms with van der Waals surface area (Å²) >= 11 is 11.9. The van der Waals surface area contributed by atoms with E-state index in [1.54, 1.807) is 12.1 Å². The van der Waals surface area contributed by atoms with E-state index >= 15 is 0 Å². The number of nitrogens with zero attached hydrogens (tertiary/aromatic N) is 1. The van der Waals surface area contributed by atoms with Gasteiger partial charge in [-0.25, -0.2) is 0 Å². The quantitative estimate of drug-likeness (QED) is 0.804. The minimum atomic E-state index is -0.0244. The van der Waals surface area contributed by atoms with Crippen LogP contribution < -0.4 is 5.73 Å². The van der Waals surface area contributed by atoms with Gasteiger partial charge in [-0.2, -0.15) is 0 Å². The molecule has 3 nitrogen and oxygen atoms in total. The van der Waals surface area contributed by atoms with Crippen molar-refractivity contribution in [3.05, 3.63) is 27.7 Å². The van der Waals surface area contributed by atoms with E-state index in [0.717, 1.165) is 19.5 Å². The number of piperidine rings is 1. The summed E-state index contributed by atoms with van der Waals surface area (Å²) in [4.78, 5) is 14.3. The second-order valence-electron chi connectivity index (χ2n) is 5.52. The number of carbonyl (C=O) groups is 1. The Hall–Kier alpha value is -0.930. The first-order valence-corrected chi connectivity index (χ1v) is 7.18. The van der Waals surface area contributed by atoms with Crippen LogP contribution in [0.15, 0.2) is 12.1 Å². The molecule has 0 saturated carbocycles. The topological polar surface area (TPSA) is 46.3 Å². The number of likely N-dealkylation sites (tertiary alicyclic amines) is 1. The van der Waals surface area contributed by atoms with Crippen molar-refractivity contribution in [2.75, 3.05) is 18.8 Å². The van der Waals surface area contributed by atoms with Crippen molar-refractivity contribution in [1.29, 1.82) is 0 Å². The van der Waals surface area contributed by atoms with Crippen molar-refractivity contribution in [2.24, 2.45) is 11.8 Å². The van der Waals surface area contributed by atoms with Crippen molar-refractivity contribution in [1.82, 2.24) is 4.90 Å². The maximum absolute atomic E-state index is 12.5. The molecular weight excluding hydrogens is 283 g/mol. The molecule has 1 amide bonds. The number of nitrogen functional groups attached to an aromatic ring is 1. The zero-order valence-electron chi connectivity index (χ0n) is 11.1. The van der Waals surface area contributed by atoms with E-state index in [2.05, 4.69) is 13.8 Å². The number of nitrogens with two attached hydrogens (primary N) is 1. The molecule has 0 aromatic heterocycles. The Labute approximate surface area is 123 Å². The maximum Gasteiger partial charge on any atom is 0.254 e. The van der Waals surface area contributed by atoms with Gasteiger partial charge < -0.3 is 10.6 Å². The third kappa shape index (κ3) is 3.15. The fourth-order valence-corrected chi connectivity index (χ4v) is 3.08. The normalized spacial score (nSPS) is 23.5. The number of hydrogen-bond acceptors (Lipinski definition) is 2. The van der Waals surface area contributed by atoms with Gasteiger partial charge in [0.2, 0.25) is 0 Å². The van der Waals surface area contributed by atoms with Crippen LogP contribution >= 0.6 is 23.2 Å². The predicted octanol–water partition coefficient (Wildman–Crippen LogP) is 3.69. The Kier molecular flexibility index (Phi) is 4.26. The van der Waals surface area contributed by atoms with Crippen molar-refractivity contribution < 1.29 is 4.79 Å². The molecule has 1 saturated heterocycles. The van der Waals surface area contributed by atoms with Gasteiger partial charge >= 0.3 is 0 Å². The third-order valence-corrected chi connectivity index (χ3v) is 4.28. The van der Waals surface area contributed by atoms with Gasteiger partial charge in [0.1, 0.15) is 0 Å². The highest BCUT2D eigenvalue weighted by Gasteiger charge is 2.26. The number of halogens is 2. The second-order valence-corrected chi connectivity index (χ2v) is 6.30. The van der Waals surface area contributed by atoms with E-state index in [4.69, 9.17) is 28.9 Å². The Morgan fingerprint density at radius 2 is 1.84 bits per heavy atom. The standard InChI is InChI=1S/C14H18Cl2N2O/c1-8-3-9(2)7-18(6-8)14(19)10-4-11(15)13(16)12(17)5-10/h4-5,8-9H,3,6-7,17H2,1-2H3/t8-,9+. The van der Waals surface area contributed by atoms with Crippen LogP contribution in [0, 0.1) is 11.8 Å². The lowest BCUT2D eigenvalue weighted by Crippen LogP contribution is -2.42. The molecule has 0 unspecified atom stereocenters. The van der Waals surface area contributed by atoms with Gasteiger partial charge in [-0.1, -0.05) is 37.0 Å². The monoisotopic (exact) mass is 300 g/mol. The van der Waals surface area contributed by atoms with Crippen LogP contribution in [0.4, 0.5) is 5.69 Å². The van der Waals surface area contributed by atoms with Gasteiger partial charge in [-0.05, 0) is 30.4 Å². The van der Waals surface area contributed by atoms with E-state index in [0.29, 0.717) is 33.1 Å². The van der Waals surface area contributed by atoms with E-state index in [1.165, 1.54) is 0 Å². The van der Waals surface area contributed by atoms with Gasteiger partial charge in [0.05, 0.1) is 15.7 Å². The zero-order chi connectivity index (χ0) is 14.2. The number of rotatable bonds is 1. The molecule has 1 heterocycles. The molecule has 1 aromatic rings. The molecule has 1 aliphatic heterocycles. The molecule has 0 radical (unpaired) electrons. The fourth-order valence-electron chi connectivity index (χ4n) is 2.75. The lowest BCUT2D eigenvalue weighted by atomic mass is 9.91.